The summed E-state index contributed by atoms with van der Waals surface area (Å²) in [6.45, 7) is 0.578. The number of hydrogen-bond donors (Lipinski definition) is 2. The minimum Gasteiger partial charge on any atom is -0.467 e. The Hall–Kier alpha value is -1.88. The third-order valence-corrected chi connectivity index (χ3v) is 3.80. The zero-order valence-electron chi connectivity index (χ0n) is 11.2. The van der Waals surface area contributed by atoms with Crippen molar-refractivity contribution in [1.29, 1.82) is 0 Å². The lowest BCUT2D eigenvalue weighted by atomic mass is 9.94. The lowest BCUT2D eigenvalue weighted by molar-refractivity contribution is 0.517. The topological polar surface area (TPSA) is 64.1 Å². The first-order chi connectivity index (χ1) is 9.74. The fourth-order valence-electron chi connectivity index (χ4n) is 2.54. The number of furan rings is 1. The number of aromatic nitrogens is 1. The minimum absolute atomic E-state index is 0.382. The van der Waals surface area contributed by atoms with E-state index in [0.717, 1.165) is 35.7 Å². The Morgan fingerprint density at radius 3 is 3.00 bits per heavy atom. The van der Waals surface area contributed by atoms with Crippen LogP contribution >= 0.6 is 12.2 Å². The Labute approximate surface area is 123 Å². The molecular weight excluding hydrogens is 270 g/mol. The van der Waals surface area contributed by atoms with Gasteiger partial charge in [-0.2, -0.15) is 0 Å². The molecule has 0 spiro atoms. The second kappa shape index (κ2) is 5.63. The Morgan fingerprint density at radius 2 is 2.25 bits per heavy atom. The van der Waals surface area contributed by atoms with Crippen molar-refractivity contribution in [1.82, 2.24) is 4.98 Å². The molecule has 5 heteroatoms. The van der Waals surface area contributed by atoms with E-state index in [1.54, 1.807) is 6.26 Å². The van der Waals surface area contributed by atoms with Crippen LogP contribution in [0.3, 0.4) is 0 Å². The second-order valence-corrected chi connectivity index (χ2v) is 5.43. The summed E-state index contributed by atoms with van der Waals surface area (Å²) < 4.78 is 5.31. The van der Waals surface area contributed by atoms with Gasteiger partial charge in [0, 0.05) is 5.69 Å². The highest BCUT2D eigenvalue weighted by atomic mass is 32.1. The van der Waals surface area contributed by atoms with E-state index < -0.39 is 0 Å². The number of fused-ring (bicyclic) bond motifs is 1. The normalized spacial score (nSPS) is 13.8. The van der Waals surface area contributed by atoms with Gasteiger partial charge < -0.3 is 15.5 Å². The molecule has 0 fully saturated rings. The summed E-state index contributed by atoms with van der Waals surface area (Å²) in [5.74, 6) is 1.62. The van der Waals surface area contributed by atoms with Gasteiger partial charge in [0.2, 0.25) is 0 Å². The molecule has 1 aliphatic carbocycles. The van der Waals surface area contributed by atoms with E-state index in [4.69, 9.17) is 27.4 Å². The fourth-order valence-corrected chi connectivity index (χ4v) is 2.70. The van der Waals surface area contributed by atoms with E-state index in [9.17, 15) is 0 Å². The zero-order chi connectivity index (χ0) is 13.9. The molecule has 4 nitrogen and oxygen atoms in total. The molecule has 0 bridgehead atoms. The molecule has 104 valence electrons. The van der Waals surface area contributed by atoms with Crippen molar-refractivity contribution in [2.75, 3.05) is 5.32 Å². The SMILES string of the molecule is NC(=S)c1cc2c(nc1NCc1ccco1)CCCC2. The number of pyridine rings is 1. The lowest BCUT2D eigenvalue weighted by Gasteiger charge is -2.18. The van der Waals surface area contributed by atoms with Crippen molar-refractivity contribution in [2.45, 2.75) is 32.2 Å². The van der Waals surface area contributed by atoms with E-state index >= 15 is 0 Å². The first-order valence-corrected chi connectivity index (χ1v) is 7.23. The summed E-state index contributed by atoms with van der Waals surface area (Å²) in [5.41, 5.74) is 9.10. The van der Waals surface area contributed by atoms with Crippen molar-refractivity contribution < 1.29 is 4.42 Å². The highest BCUT2D eigenvalue weighted by Crippen LogP contribution is 2.25. The lowest BCUT2D eigenvalue weighted by Crippen LogP contribution is -2.17. The van der Waals surface area contributed by atoms with Gasteiger partial charge in [-0.3, -0.25) is 0 Å². The van der Waals surface area contributed by atoms with Crippen LogP contribution in [0.2, 0.25) is 0 Å². The van der Waals surface area contributed by atoms with Crippen molar-refractivity contribution in [3.05, 3.63) is 47.0 Å². The number of thiocarbonyl (C=S) groups is 1. The monoisotopic (exact) mass is 287 g/mol. The molecule has 0 aliphatic heterocycles. The molecule has 3 rings (SSSR count). The molecule has 0 saturated heterocycles. The standard InChI is InChI=1S/C15H17N3OS/c16-14(20)12-8-10-4-1-2-6-13(10)18-15(12)17-9-11-5-3-7-19-11/h3,5,7-8H,1-2,4,6,9H2,(H2,16,20)(H,17,18). The predicted octanol–water partition coefficient (Wildman–Crippen LogP) is 2.80. The summed E-state index contributed by atoms with van der Waals surface area (Å²) >= 11 is 5.14. The van der Waals surface area contributed by atoms with Crippen LogP contribution in [-0.4, -0.2) is 9.97 Å². The van der Waals surface area contributed by atoms with E-state index in [0.29, 0.717) is 11.5 Å². The van der Waals surface area contributed by atoms with Gasteiger partial charge >= 0.3 is 0 Å². The number of anilines is 1. The molecule has 1 aliphatic rings. The Bertz CT molecular complexity index is 622. The first-order valence-electron chi connectivity index (χ1n) is 6.83. The maximum Gasteiger partial charge on any atom is 0.136 e. The van der Waals surface area contributed by atoms with E-state index in [-0.39, 0.29) is 0 Å². The third kappa shape index (κ3) is 2.67. The van der Waals surface area contributed by atoms with Crippen LogP contribution in [0.15, 0.2) is 28.9 Å². The van der Waals surface area contributed by atoms with Gasteiger partial charge in [0.25, 0.3) is 0 Å². The summed E-state index contributed by atoms with van der Waals surface area (Å²) in [4.78, 5) is 5.10. The van der Waals surface area contributed by atoms with Crippen molar-refractivity contribution >= 4 is 23.0 Å². The van der Waals surface area contributed by atoms with Gasteiger partial charge in [0.05, 0.1) is 18.4 Å². The maximum atomic E-state index is 5.82. The van der Waals surface area contributed by atoms with E-state index in [1.165, 1.54) is 18.4 Å². The Kier molecular flexibility index (Phi) is 3.69. The minimum atomic E-state index is 0.382. The van der Waals surface area contributed by atoms with Crippen LogP contribution < -0.4 is 11.1 Å². The summed E-state index contributed by atoms with van der Waals surface area (Å²) in [6, 6.07) is 5.88. The van der Waals surface area contributed by atoms with Crippen LogP contribution in [0.1, 0.15) is 35.4 Å². The van der Waals surface area contributed by atoms with Gasteiger partial charge in [-0.25, -0.2) is 4.98 Å². The van der Waals surface area contributed by atoms with Crippen molar-refractivity contribution in [3.63, 3.8) is 0 Å². The smallest absolute Gasteiger partial charge is 0.136 e. The highest BCUT2D eigenvalue weighted by Gasteiger charge is 2.16. The number of aryl methyl sites for hydroxylation is 2. The van der Waals surface area contributed by atoms with Gasteiger partial charge in [0.15, 0.2) is 0 Å². The van der Waals surface area contributed by atoms with Gasteiger partial charge in [-0.15, -0.1) is 0 Å². The third-order valence-electron chi connectivity index (χ3n) is 3.58. The van der Waals surface area contributed by atoms with E-state index in [1.807, 2.05) is 12.1 Å². The molecule has 0 amide bonds. The predicted molar refractivity (Wildman–Crippen MR) is 82.8 cm³/mol. The molecule has 2 aromatic rings. The van der Waals surface area contributed by atoms with Crippen LogP contribution in [0.25, 0.3) is 0 Å². The molecule has 0 atom stereocenters. The molecule has 3 N–H and O–H groups in total. The van der Waals surface area contributed by atoms with Gasteiger partial charge in [-0.1, -0.05) is 12.2 Å². The molecule has 0 unspecified atom stereocenters. The Morgan fingerprint density at radius 1 is 1.40 bits per heavy atom. The molecule has 0 radical (unpaired) electrons. The average molecular weight is 287 g/mol. The quantitative estimate of drug-likeness (QED) is 0.847. The van der Waals surface area contributed by atoms with Crippen LogP contribution in [0.4, 0.5) is 5.82 Å². The second-order valence-electron chi connectivity index (χ2n) is 4.99. The molecular formula is C15H17N3OS. The Balaban J connectivity index is 1.89. The molecule has 2 aromatic heterocycles. The molecule has 20 heavy (non-hydrogen) atoms. The maximum absolute atomic E-state index is 5.82. The summed E-state index contributed by atoms with van der Waals surface area (Å²) in [7, 11) is 0. The van der Waals surface area contributed by atoms with E-state index in [2.05, 4.69) is 11.4 Å². The number of nitrogens with one attached hydrogen (secondary N) is 1. The van der Waals surface area contributed by atoms with Gasteiger partial charge in [0.1, 0.15) is 16.6 Å². The number of nitrogens with two attached hydrogens (primary N) is 1. The van der Waals surface area contributed by atoms with Crippen LogP contribution in [-0.2, 0) is 19.4 Å². The van der Waals surface area contributed by atoms with Gasteiger partial charge in [-0.05, 0) is 49.4 Å². The molecule has 2 heterocycles. The first kappa shape index (κ1) is 13.1. The summed E-state index contributed by atoms with van der Waals surface area (Å²) in [5, 5.41) is 3.27. The summed E-state index contributed by atoms with van der Waals surface area (Å²) in [6.07, 6.45) is 6.17. The fraction of sp³-hybridized carbons (Fsp3) is 0.333. The molecule has 0 aromatic carbocycles. The van der Waals surface area contributed by atoms with Crippen molar-refractivity contribution in [3.8, 4) is 0 Å². The number of nitrogens with zero attached hydrogens (tertiary/aromatic N) is 1. The van der Waals surface area contributed by atoms with Crippen LogP contribution in [0, 0.1) is 0 Å². The average Bonchev–Trinajstić information content (AvgIpc) is 2.97. The highest BCUT2D eigenvalue weighted by molar-refractivity contribution is 7.80. The largest absolute Gasteiger partial charge is 0.467 e. The number of hydrogen-bond acceptors (Lipinski definition) is 4. The van der Waals surface area contributed by atoms with Crippen molar-refractivity contribution in [2.24, 2.45) is 5.73 Å². The zero-order valence-corrected chi connectivity index (χ0v) is 12.0. The van der Waals surface area contributed by atoms with Crippen LogP contribution in [0.5, 0.6) is 0 Å². The molecule has 0 saturated carbocycles. The number of rotatable bonds is 4.